The summed E-state index contributed by atoms with van der Waals surface area (Å²) in [6, 6.07) is 22.5. The van der Waals surface area contributed by atoms with Crippen molar-refractivity contribution in [1.29, 1.82) is 0 Å². The normalized spacial score (nSPS) is 20.0. The number of carbonyl (C=O) groups is 1. The molecule has 1 saturated heterocycles. The first-order chi connectivity index (χ1) is 16.8. The smallest absolute Gasteiger partial charge is 0.241 e. The molecule has 5 nitrogen and oxygen atoms in total. The third kappa shape index (κ3) is 3.95. The predicted octanol–water partition coefficient (Wildman–Crippen LogP) is 5.61. The largest absolute Gasteiger partial charge is 0.490 e. The third-order valence-electron chi connectivity index (χ3n) is 7.15. The second-order valence-corrected chi connectivity index (χ2v) is 9.79. The van der Waals surface area contributed by atoms with E-state index in [-0.39, 0.29) is 11.3 Å². The van der Waals surface area contributed by atoms with E-state index in [0.717, 1.165) is 16.8 Å². The monoisotopic (exact) mass is 468 g/mol. The molecule has 1 unspecified atom stereocenters. The van der Waals surface area contributed by atoms with Crippen LogP contribution in [0.2, 0.25) is 0 Å². The molecule has 1 fully saturated rings. The Balaban J connectivity index is 1.45. The van der Waals surface area contributed by atoms with E-state index in [4.69, 9.17) is 9.47 Å². The Morgan fingerprint density at radius 1 is 1.00 bits per heavy atom. The van der Waals surface area contributed by atoms with Gasteiger partial charge in [-0.1, -0.05) is 74.0 Å². The zero-order valence-electron chi connectivity index (χ0n) is 20.8. The molecule has 2 aliphatic rings. The Morgan fingerprint density at radius 3 is 2.57 bits per heavy atom. The van der Waals surface area contributed by atoms with Crippen LogP contribution in [0.1, 0.15) is 43.0 Å². The number of rotatable bonds is 7. The molecule has 5 heteroatoms. The Morgan fingerprint density at radius 2 is 1.80 bits per heavy atom. The average Bonchev–Trinajstić information content (AvgIpc) is 3.27. The molecule has 1 amide bonds. The highest BCUT2D eigenvalue weighted by Crippen LogP contribution is 2.53. The van der Waals surface area contributed by atoms with E-state index in [2.05, 4.69) is 61.3 Å². The fraction of sp³-hybridized carbons (Fsp3) is 0.300. The summed E-state index contributed by atoms with van der Waals surface area (Å²) in [5, 5.41) is 3.29. The summed E-state index contributed by atoms with van der Waals surface area (Å²) in [6.45, 7) is 9.85. The lowest BCUT2D eigenvalue weighted by Crippen LogP contribution is -2.58. The van der Waals surface area contributed by atoms with Crippen molar-refractivity contribution in [2.24, 2.45) is 0 Å². The fourth-order valence-electron chi connectivity index (χ4n) is 5.26. The van der Waals surface area contributed by atoms with Crippen molar-refractivity contribution in [3.8, 4) is 11.5 Å². The molecule has 0 aliphatic carbocycles. The number of hydrogen-bond donors (Lipinski definition) is 1. The second-order valence-electron chi connectivity index (χ2n) is 9.79. The van der Waals surface area contributed by atoms with Crippen LogP contribution in [-0.2, 0) is 16.8 Å². The van der Waals surface area contributed by atoms with Gasteiger partial charge >= 0.3 is 0 Å². The minimum Gasteiger partial charge on any atom is -0.490 e. The summed E-state index contributed by atoms with van der Waals surface area (Å²) >= 11 is 0. The van der Waals surface area contributed by atoms with Crippen LogP contribution in [0.25, 0.3) is 6.08 Å². The maximum Gasteiger partial charge on any atom is 0.241 e. The number of nitrogens with one attached hydrogen (secondary N) is 1. The van der Waals surface area contributed by atoms with Gasteiger partial charge in [0, 0.05) is 11.1 Å². The quantitative estimate of drug-likeness (QED) is 0.490. The van der Waals surface area contributed by atoms with E-state index in [0.29, 0.717) is 31.3 Å². The predicted molar refractivity (Wildman–Crippen MR) is 140 cm³/mol. The van der Waals surface area contributed by atoms with Crippen LogP contribution in [0.4, 0.5) is 5.69 Å². The van der Waals surface area contributed by atoms with Gasteiger partial charge < -0.3 is 19.7 Å². The third-order valence-corrected chi connectivity index (χ3v) is 7.15. The van der Waals surface area contributed by atoms with Crippen LogP contribution >= 0.6 is 0 Å². The lowest BCUT2D eigenvalue weighted by Gasteiger charge is -2.40. The van der Waals surface area contributed by atoms with Gasteiger partial charge in [0.2, 0.25) is 5.91 Å². The summed E-state index contributed by atoms with van der Waals surface area (Å²) in [5.74, 6) is 1.46. The van der Waals surface area contributed by atoms with Gasteiger partial charge in [-0.25, -0.2) is 0 Å². The number of carbonyl (C=O) groups excluding carboxylic acids is 1. The molecule has 0 bridgehead atoms. The molecule has 0 spiro atoms. The van der Waals surface area contributed by atoms with Crippen molar-refractivity contribution >= 4 is 17.7 Å². The molecule has 2 heterocycles. The number of aryl methyl sites for hydroxylation is 1. The van der Waals surface area contributed by atoms with Crippen LogP contribution in [0.3, 0.4) is 0 Å². The summed E-state index contributed by atoms with van der Waals surface area (Å²) in [4.78, 5) is 14.8. The van der Waals surface area contributed by atoms with Gasteiger partial charge in [-0.05, 0) is 54.8 Å². The Hall–Kier alpha value is -3.73. The molecular weight excluding hydrogens is 436 g/mol. The first-order valence-electron chi connectivity index (χ1n) is 12.2. The van der Waals surface area contributed by atoms with Crippen molar-refractivity contribution in [3.05, 3.63) is 95.1 Å². The van der Waals surface area contributed by atoms with Crippen molar-refractivity contribution in [2.75, 3.05) is 18.1 Å². The van der Waals surface area contributed by atoms with E-state index in [9.17, 15) is 4.79 Å². The fourth-order valence-corrected chi connectivity index (χ4v) is 5.26. The second kappa shape index (κ2) is 8.81. The molecular formula is C30H32N2O3. The molecule has 1 N–H and O–H groups in total. The molecule has 1 atom stereocenters. The number of benzene rings is 3. The zero-order chi connectivity index (χ0) is 24.6. The highest BCUT2D eigenvalue weighted by atomic mass is 16.5. The maximum absolute atomic E-state index is 12.6. The van der Waals surface area contributed by atoms with Gasteiger partial charge in [-0.2, -0.15) is 0 Å². The number of hydrogen-bond acceptors (Lipinski definition) is 4. The highest BCUT2D eigenvalue weighted by molar-refractivity contribution is 5.91. The van der Waals surface area contributed by atoms with Gasteiger partial charge in [0.05, 0.1) is 13.2 Å². The van der Waals surface area contributed by atoms with E-state index in [1.165, 1.54) is 11.1 Å². The zero-order valence-corrected chi connectivity index (χ0v) is 20.8. The Bertz CT molecular complexity index is 1280. The molecule has 3 aromatic rings. The van der Waals surface area contributed by atoms with E-state index < -0.39 is 5.66 Å². The molecule has 2 aliphatic heterocycles. The van der Waals surface area contributed by atoms with Gasteiger partial charge in [-0.3, -0.25) is 4.79 Å². The first-order valence-corrected chi connectivity index (χ1v) is 12.2. The van der Waals surface area contributed by atoms with E-state index in [1.807, 2.05) is 55.5 Å². The number of amides is 1. The van der Waals surface area contributed by atoms with Gasteiger partial charge in [0.1, 0.15) is 12.3 Å². The molecule has 0 radical (unpaired) electrons. The molecule has 3 aromatic carbocycles. The number of fused-ring (bicyclic) bond motifs is 3. The van der Waals surface area contributed by atoms with Crippen LogP contribution < -0.4 is 19.7 Å². The Labute approximate surface area is 207 Å². The average molecular weight is 469 g/mol. The molecule has 35 heavy (non-hydrogen) atoms. The van der Waals surface area contributed by atoms with Crippen molar-refractivity contribution in [1.82, 2.24) is 5.32 Å². The molecule has 0 saturated carbocycles. The summed E-state index contributed by atoms with van der Waals surface area (Å²) < 4.78 is 12.0. The first kappa shape index (κ1) is 23.0. The molecule has 0 aromatic heterocycles. The van der Waals surface area contributed by atoms with Crippen molar-refractivity contribution in [3.63, 3.8) is 0 Å². The van der Waals surface area contributed by atoms with Crippen molar-refractivity contribution < 1.29 is 14.3 Å². The van der Waals surface area contributed by atoms with Crippen LogP contribution in [0, 0.1) is 6.92 Å². The van der Waals surface area contributed by atoms with Gasteiger partial charge in [-0.15, -0.1) is 0 Å². The number of anilines is 1. The minimum atomic E-state index is -0.630. The minimum absolute atomic E-state index is 0.0358. The van der Waals surface area contributed by atoms with Gasteiger partial charge in [0.25, 0.3) is 0 Å². The lowest BCUT2D eigenvalue weighted by molar-refractivity contribution is -0.118. The topological polar surface area (TPSA) is 50.8 Å². The summed E-state index contributed by atoms with van der Waals surface area (Å²) in [5.41, 5.74) is 4.74. The summed E-state index contributed by atoms with van der Waals surface area (Å²) in [7, 11) is 0. The maximum atomic E-state index is 12.6. The lowest BCUT2D eigenvalue weighted by atomic mass is 9.75. The molecule has 180 valence electrons. The van der Waals surface area contributed by atoms with E-state index >= 15 is 0 Å². The Kier molecular flexibility index (Phi) is 5.79. The van der Waals surface area contributed by atoms with Crippen LogP contribution in [-0.4, -0.2) is 24.7 Å². The van der Waals surface area contributed by atoms with Crippen molar-refractivity contribution in [2.45, 2.75) is 45.4 Å². The van der Waals surface area contributed by atoms with Crippen LogP contribution in [0.15, 0.2) is 72.8 Å². The number of ether oxygens (including phenoxy) is 2. The standard InChI is InChI=1S/C30H32N2O3/c1-5-34-27-18-22(12-14-26(27)35-20-23-9-7-6-8-10-23)15-16-30-29(3,4)24-17-21(2)11-13-25(24)32(30)19-28(33)31-30/h6-18H,5,19-20H2,1-4H3,(H,31,33). The van der Waals surface area contributed by atoms with E-state index in [1.54, 1.807) is 0 Å². The number of nitrogens with zero attached hydrogens (tertiary/aromatic N) is 1. The highest BCUT2D eigenvalue weighted by Gasteiger charge is 2.59. The SMILES string of the molecule is CCOc1cc(C=CC23NC(=O)CN2c2ccc(C)cc2C3(C)C)ccc1OCc1ccccc1. The molecule has 5 rings (SSSR count). The summed E-state index contributed by atoms with van der Waals surface area (Å²) in [6.07, 6.45) is 4.20. The van der Waals surface area contributed by atoms with Crippen LogP contribution in [0.5, 0.6) is 11.5 Å². The van der Waals surface area contributed by atoms with Gasteiger partial charge in [0.15, 0.2) is 11.5 Å².